The molecule has 0 atom stereocenters. The van der Waals surface area contributed by atoms with Crippen molar-refractivity contribution in [3.63, 3.8) is 0 Å². The van der Waals surface area contributed by atoms with Crippen molar-refractivity contribution in [2.45, 2.75) is 44.6 Å². The van der Waals surface area contributed by atoms with Gasteiger partial charge in [-0.15, -0.1) is 0 Å². The average molecular weight is 354 g/mol. The lowest BCUT2D eigenvalue weighted by Gasteiger charge is -2.19. The maximum Gasteiger partial charge on any atom is 0.326 e. The monoisotopic (exact) mass is 354 g/mol. The number of hydrogen-bond donors (Lipinski definition) is 3. The first-order valence-corrected chi connectivity index (χ1v) is 8.25. The van der Waals surface area contributed by atoms with Crippen molar-refractivity contribution in [3.8, 4) is 0 Å². The molecule has 0 aromatic carbocycles. The molecule has 0 aromatic heterocycles. The third-order valence-corrected chi connectivity index (χ3v) is 4.14. The van der Waals surface area contributed by atoms with E-state index in [4.69, 9.17) is 4.74 Å². The molecule has 1 heterocycles. The van der Waals surface area contributed by atoms with E-state index in [0.29, 0.717) is 25.8 Å². The molecule has 2 rings (SSSR count). The molecule has 0 bridgehead atoms. The van der Waals surface area contributed by atoms with Crippen LogP contribution >= 0.6 is 0 Å². The first kappa shape index (κ1) is 18.7. The first-order valence-electron chi connectivity index (χ1n) is 8.25. The number of hydrogen-bond acceptors (Lipinski definition) is 6. The molecule has 25 heavy (non-hydrogen) atoms. The first-order chi connectivity index (χ1) is 11.9. The third-order valence-electron chi connectivity index (χ3n) is 4.14. The van der Waals surface area contributed by atoms with Gasteiger partial charge in [0, 0.05) is 6.54 Å². The highest BCUT2D eigenvalue weighted by Crippen LogP contribution is 2.34. The highest BCUT2D eigenvalue weighted by molar-refractivity contribution is 6.09. The van der Waals surface area contributed by atoms with Gasteiger partial charge >= 0.3 is 18.0 Å². The Morgan fingerprint density at radius 3 is 2.56 bits per heavy atom. The number of rotatable bonds is 6. The number of ether oxygens (including phenoxy) is 1. The van der Waals surface area contributed by atoms with Gasteiger partial charge in [-0.1, -0.05) is 19.8 Å². The van der Waals surface area contributed by atoms with Gasteiger partial charge in [-0.05, 0) is 19.3 Å². The minimum atomic E-state index is -0.900. The Hall–Kier alpha value is -2.65. The van der Waals surface area contributed by atoms with Crippen LogP contribution in [0.4, 0.5) is 9.59 Å². The van der Waals surface area contributed by atoms with Crippen molar-refractivity contribution < 1.29 is 28.7 Å². The van der Waals surface area contributed by atoms with Crippen LogP contribution in [-0.2, 0) is 19.1 Å². The lowest BCUT2D eigenvalue weighted by atomic mass is 9.98. The van der Waals surface area contributed by atoms with Gasteiger partial charge in [0.25, 0.3) is 11.8 Å². The van der Waals surface area contributed by atoms with Gasteiger partial charge in [0.2, 0.25) is 0 Å². The second-order valence-electron chi connectivity index (χ2n) is 6.08. The Bertz CT molecular complexity index is 585. The van der Waals surface area contributed by atoms with E-state index in [0.717, 1.165) is 17.7 Å². The molecular weight excluding hydrogens is 332 g/mol. The van der Waals surface area contributed by atoms with E-state index < -0.39 is 48.5 Å². The van der Waals surface area contributed by atoms with Crippen LogP contribution in [0, 0.1) is 0 Å². The molecular formula is C15H22N4O6. The molecule has 10 heteroatoms. The predicted octanol–water partition coefficient (Wildman–Crippen LogP) is -0.370. The number of nitrogens with zero attached hydrogens (tertiary/aromatic N) is 1. The summed E-state index contributed by atoms with van der Waals surface area (Å²) in [6.07, 6.45) is 3.50. The Labute approximate surface area is 144 Å². The number of esters is 1. The Balaban J connectivity index is 1.77. The Kier molecular flexibility index (Phi) is 5.94. The lowest BCUT2D eigenvalue weighted by molar-refractivity contribution is -0.150. The molecule has 10 nitrogen and oxygen atoms in total. The van der Waals surface area contributed by atoms with Crippen LogP contribution in [0.5, 0.6) is 0 Å². The highest BCUT2D eigenvalue weighted by atomic mass is 16.5. The minimum Gasteiger partial charge on any atom is -0.454 e. The van der Waals surface area contributed by atoms with Crippen LogP contribution in [0.1, 0.15) is 39.0 Å². The fourth-order valence-electron chi connectivity index (χ4n) is 2.90. The number of amides is 6. The molecule has 6 amide bonds. The molecule has 0 radical (unpaired) electrons. The molecule has 2 aliphatic rings. The molecule has 2 fully saturated rings. The summed E-state index contributed by atoms with van der Waals surface area (Å²) in [5, 5.41) is 7.07. The van der Waals surface area contributed by atoms with Crippen molar-refractivity contribution >= 4 is 29.8 Å². The smallest absolute Gasteiger partial charge is 0.326 e. The molecule has 1 aliphatic heterocycles. The van der Waals surface area contributed by atoms with Gasteiger partial charge in [0.05, 0.1) is 0 Å². The fraction of sp³-hybridized carbons (Fsp3) is 0.667. The normalized spacial score (nSPS) is 18.2. The van der Waals surface area contributed by atoms with E-state index in [-0.39, 0.29) is 0 Å². The van der Waals surface area contributed by atoms with Crippen LogP contribution in [-0.4, -0.2) is 60.0 Å². The summed E-state index contributed by atoms with van der Waals surface area (Å²) < 4.78 is 4.71. The maximum atomic E-state index is 12.4. The summed E-state index contributed by atoms with van der Waals surface area (Å²) in [6, 6.07) is -1.31. The fourth-order valence-corrected chi connectivity index (χ4v) is 2.90. The molecule has 0 aromatic rings. The summed E-state index contributed by atoms with van der Waals surface area (Å²) >= 11 is 0. The second kappa shape index (κ2) is 7.95. The standard InChI is InChI=1S/C15H22N4O6/c1-2-7-16-13(23)17-10(20)9-25-11(21)8-19-12(22)15(18-14(19)24)5-3-4-6-15/h2-9H2,1H3,(H,18,24)(H2,16,17,20,23). The summed E-state index contributed by atoms with van der Waals surface area (Å²) in [6.45, 7) is 1.02. The van der Waals surface area contributed by atoms with Crippen LogP contribution in [0.2, 0.25) is 0 Å². The van der Waals surface area contributed by atoms with E-state index in [1.165, 1.54) is 0 Å². The number of nitrogens with one attached hydrogen (secondary N) is 3. The van der Waals surface area contributed by atoms with E-state index in [2.05, 4.69) is 10.6 Å². The van der Waals surface area contributed by atoms with E-state index in [1.54, 1.807) is 0 Å². The minimum absolute atomic E-state index is 0.410. The molecule has 0 unspecified atom stereocenters. The number of urea groups is 2. The van der Waals surface area contributed by atoms with Crippen LogP contribution < -0.4 is 16.0 Å². The number of carbonyl (C=O) groups is 5. The van der Waals surface area contributed by atoms with Crippen LogP contribution in [0.3, 0.4) is 0 Å². The molecule has 3 N–H and O–H groups in total. The van der Waals surface area contributed by atoms with Crippen molar-refractivity contribution in [3.05, 3.63) is 0 Å². The van der Waals surface area contributed by atoms with Gasteiger partial charge < -0.3 is 15.4 Å². The lowest BCUT2D eigenvalue weighted by Crippen LogP contribution is -2.45. The van der Waals surface area contributed by atoms with Crippen molar-refractivity contribution in [2.75, 3.05) is 19.7 Å². The summed E-state index contributed by atoms with van der Waals surface area (Å²) in [4.78, 5) is 59.6. The van der Waals surface area contributed by atoms with Crippen molar-refractivity contribution in [2.24, 2.45) is 0 Å². The van der Waals surface area contributed by atoms with Crippen LogP contribution in [0.25, 0.3) is 0 Å². The Morgan fingerprint density at radius 2 is 1.92 bits per heavy atom. The second-order valence-corrected chi connectivity index (χ2v) is 6.08. The van der Waals surface area contributed by atoms with Gasteiger partial charge in [0.1, 0.15) is 12.1 Å². The summed E-state index contributed by atoms with van der Waals surface area (Å²) in [7, 11) is 0. The van der Waals surface area contributed by atoms with Crippen molar-refractivity contribution in [1.29, 1.82) is 0 Å². The largest absolute Gasteiger partial charge is 0.454 e. The molecule has 1 saturated carbocycles. The number of imide groups is 2. The molecule has 1 aliphatic carbocycles. The average Bonchev–Trinajstić information content (AvgIpc) is 3.12. The topological polar surface area (TPSA) is 134 Å². The zero-order chi connectivity index (χ0) is 18.4. The van der Waals surface area contributed by atoms with E-state index in [9.17, 15) is 24.0 Å². The summed E-state index contributed by atoms with van der Waals surface area (Å²) in [5.74, 6) is -2.13. The summed E-state index contributed by atoms with van der Waals surface area (Å²) in [5.41, 5.74) is -0.897. The molecule has 1 saturated heterocycles. The van der Waals surface area contributed by atoms with Gasteiger partial charge in [-0.2, -0.15) is 0 Å². The van der Waals surface area contributed by atoms with Gasteiger partial charge in [-0.3, -0.25) is 24.6 Å². The predicted molar refractivity (Wildman–Crippen MR) is 84.2 cm³/mol. The Morgan fingerprint density at radius 1 is 1.24 bits per heavy atom. The SMILES string of the molecule is CCCNC(=O)NC(=O)COC(=O)CN1C(=O)NC2(CCCC2)C1=O. The third kappa shape index (κ3) is 4.46. The maximum absolute atomic E-state index is 12.4. The van der Waals surface area contributed by atoms with Gasteiger partial charge in [0.15, 0.2) is 6.61 Å². The zero-order valence-electron chi connectivity index (χ0n) is 14.1. The van der Waals surface area contributed by atoms with E-state index >= 15 is 0 Å². The van der Waals surface area contributed by atoms with Crippen molar-refractivity contribution in [1.82, 2.24) is 20.9 Å². The molecule has 1 spiro atoms. The van der Waals surface area contributed by atoms with E-state index in [1.807, 2.05) is 12.2 Å². The van der Waals surface area contributed by atoms with Crippen LogP contribution in [0.15, 0.2) is 0 Å². The number of carbonyl (C=O) groups excluding carboxylic acids is 5. The highest BCUT2D eigenvalue weighted by Gasteiger charge is 2.52. The van der Waals surface area contributed by atoms with Gasteiger partial charge in [-0.25, -0.2) is 9.59 Å². The molecule has 138 valence electrons. The quantitative estimate of drug-likeness (QED) is 0.440. The zero-order valence-corrected chi connectivity index (χ0v) is 14.1.